The summed E-state index contributed by atoms with van der Waals surface area (Å²) < 4.78 is 27.1. The van der Waals surface area contributed by atoms with Gasteiger partial charge in [0.05, 0.1) is 9.77 Å². The minimum atomic E-state index is -3.46. The highest BCUT2D eigenvalue weighted by Crippen LogP contribution is 2.28. The summed E-state index contributed by atoms with van der Waals surface area (Å²) in [5.74, 6) is -0.136. The van der Waals surface area contributed by atoms with E-state index in [1.807, 2.05) is 42.6 Å². The highest BCUT2D eigenvalue weighted by molar-refractivity contribution is 7.89. The number of aryl methyl sites for hydroxylation is 1. The molecule has 7 heteroatoms. The second-order valence-electron chi connectivity index (χ2n) is 7.25. The van der Waals surface area contributed by atoms with Crippen LogP contribution in [0.1, 0.15) is 33.6 Å². The van der Waals surface area contributed by atoms with E-state index in [1.165, 1.54) is 16.9 Å². The van der Waals surface area contributed by atoms with Crippen molar-refractivity contribution in [3.8, 4) is 11.1 Å². The Morgan fingerprint density at radius 1 is 1.03 bits per heavy atom. The summed E-state index contributed by atoms with van der Waals surface area (Å²) in [6, 6.07) is 16.7. The van der Waals surface area contributed by atoms with E-state index in [1.54, 1.807) is 24.3 Å². The SMILES string of the molecule is Cc1ccc(-c2ccsc2C(=O)NCc2ccc(S(=O)(=O)NC3CC3)cc2)cc1. The molecule has 2 aromatic carbocycles. The molecule has 1 aliphatic rings. The van der Waals surface area contributed by atoms with Crippen LogP contribution < -0.4 is 10.0 Å². The lowest BCUT2D eigenvalue weighted by Crippen LogP contribution is -2.26. The van der Waals surface area contributed by atoms with Crippen LogP contribution in [-0.2, 0) is 16.6 Å². The van der Waals surface area contributed by atoms with Gasteiger partial charge in [-0.3, -0.25) is 4.79 Å². The van der Waals surface area contributed by atoms with E-state index in [-0.39, 0.29) is 16.8 Å². The van der Waals surface area contributed by atoms with Crippen LogP contribution in [0.25, 0.3) is 11.1 Å². The van der Waals surface area contributed by atoms with Crippen LogP contribution in [0, 0.1) is 6.92 Å². The minimum absolute atomic E-state index is 0.0764. The fourth-order valence-electron chi connectivity index (χ4n) is 2.98. The monoisotopic (exact) mass is 426 g/mol. The number of amides is 1. The molecule has 0 unspecified atom stereocenters. The zero-order valence-corrected chi connectivity index (χ0v) is 17.6. The van der Waals surface area contributed by atoms with E-state index in [2.05, 4.69) is 10.0 Å². The van der Waals surface area contributed by atoms with Crippen molar-refractivity contribution in [2.24, 2.45) is 0 Å². The van der Waals surface area contributed by atoms with Gasteiger partial charge in [0.15, 0.2) is 0 Å². The molecule has 4 rings (SSSR count). The number of benzene rings is 2. The third-order valence-corrected chi connectivity index (χ3v) is 7.27. The van der Waals surface area contributed by atoms with Crippen LogP contribution in [0.5, 0.6) is 0 Å². The lowest BCUT2D eigenvalue weighted by molar-refractivity contribution is 0.0955. The second-order valence-corrected chi connectivity index (χ2v) is 9.88. The topological polar surface area (TPSA) is 75.3 Å². The molecule has 0 spiro atoms. The van der Waals surface area contributed by atoms with Crippen molar-refractivity contribution in [3.05, 3.63) is 76.0 Å². The molecule has 1 heterocycles. The predicted molar refractivity (Wildman–Crippen MR) is 115 cm³/mol. The van der Waals surface area contributed by atoms with Gasteiger partial charge in [-0.15, -0.1) is 11.3 Å². The van der Waals surface area contributed by atoms with E-state index >= 15 is 0 Å². The molecule has 29 heavy (non-hydrogen) atoms. The Morgan fingerprint density at radius 2 is 1.72 bits per heavy atom. The molecule has 1 saturated carbocycles. The molecule has 0 atom stereocenters. The molecule has 5 nitrogen and oxygen atoms in total. The van der Waals surface area contributed by atoms with Crippen LogP contribution >= 0.6 is 11.3 Å². The highest BCUT2D eigenvalue weighted by Gasteiger charge is 2.27. The first-order chi connectivity index (χ1) is 13.9. The average Bonchev–Trinajstić information content (AvgIpc) is 3.37. The van der Waals surface area contributed by atoms with E-state index in [9.17, 15) is 13.2 Å². The van der Waals surface area contributed by atoms with Gasteiger partial charge >= 0.3 is 0 Å². The number of carbonyl (C=O) groups is 1. The maximum absolute atomic E-state index is 12.7. The maximum atomic E-state index is 12.7. The number of hydrogen-bond donors (Lipinski definition) is 2. The quantitative estimate of drug-likeness (QED) is 0.597. The van der Waals surface area contributed by atoms with Crippen molar-refractivity contribution < 1.29 is 13.2 Å². The van der Waals surface area contributed by atoms with Gasteiger partial charge in [-0.25, -0.2) is 13.1 Å². The Bertz CT molecular complexity index is 1110. The number of rotatable bonds is 7. The summed E-state index contributed by atoms with van der Waals surface area (Å²) in [6.45, 7) is 2.37. The van der Waals surface area contributed by atoms with E-state index in [0.717, 1.165) is 29.5 Å². The van der Waals surface area contributed by atoms with Crippen molar-refractivity contribution in [1.29, 1.82) is 0 Å². The predicted octanol–water partition coefficient (Wildman–Crippen LogP) is 4.09. The lowest BCUT2D eigenvalue weighted by Gasteiger charge is -2.09. The maximum Gasteiger partial charge on any atom is 0.262 e. The first-order valence-corrected chi connectivity index (χ1v) is 11.8. The zero-order chi connectivity index (χ0) is 20.4. The molecular formula is C22H22N2O3S2. The van der Waals surface area contributed by atoms with Gasteiger partial charge < -0.3 is 5.32 Å². The van der Waals surface area contributed by atoms with Gasteiger partial charge in [0, 0.05) is 18.2 Å². The number of carbonyl (C=O) groups excluding carboxylic acids is 1. The Kier molecular flexibility index (Phi) is 5.54. The zero-order valence-electron chi connectivity index (χ0n) is 16.0. The van der Waals surface area contributed by atoms with Crippen molar-refractivity contribution in [2.45, 2.75) is 37.2 Å². The molecule has 0 saturated heterocycles. The lowest BCUT2D eigenvalue weighted by atomic mass is 10.0. The Balaban J connectivity index is 1.41. The highest BCUT2D eigenvalue weighted by atomic mass is 32.2. The summed E-state index contributed by atoms with van der Waals surface area (Å²) in [6.07, 6.45) is 1.80. The first kappa shape index (κ1) is 19.8. The fourth-order valence-corrected chi connectivity index (χ4v) is 5.12. The van der Waals surface area contributed by atoms with E-state index < -0.39 is 10.0 Å². The Hall–Kier alpha value is -2.48. The summed E-state index contributed by atoms with van der Waals surface area (Å²) in [5.41, 5.74) is 3.95. The van der Waals surface area contributed by atoms with Crippen molar-refractivity contribution in [3.63, 3.8) is 0 Å². The standard InChI is InChI=1S/C22H22N2O3S2/c1-15-2-6-17(7-3-15)20-12-13-28-21(20)22(25)23-14-16-4-10-19(11-5-16)29(26,27)24-18-8-9-18/h2-7,10-13,18,24H,8-9,14H2,1H3,(H,23,25). The van der Waals surface area contributed by atoms with Gasteiger partial charge in [0.1, 0.15) is 0 Å². The third-order valence-electron chi connectivity index (χ3n) is 4.82. The molecule has 150 valence electrons. The molecule has 0 bridgehead atoms. The van der Waals surface area contributed by atoms with Gasteiger partial charge in [-0.2, -0.15) is 0 Å². The van der Waals surface area contributed by atoms with Crippen molar-refractivity contribution >= 4 is 27.3 Å². The number of nitrogens with one attached hydrogen (secondary N) is 2. The Morgan fingerprint density at radius 3 is 2.38 bits per heavy atom. The molecule has 0 radical (unpaired) electrons. The van der Waals surface area contributed by atoms with Gasteiger partial charge in [-0.1, -0.05) is 42.0 Å². The second kappa shape index (κ2) is 8.10. The van der Waals surface area contributed by atoms with Crippen molar-refractivity contribution in [2.75, 3.05) is 0 Å². The largest absolute Gasteiger partial charge is 0.347 e. The first-order valence-electron chi connectivity index (χ1n) is 9.46. The summed E-state index contributed by atoms with van der Waals surface area (Å²) in [7, 11) is -3.46. The molecule has 3 aromatic rings. The number of hydrogen-bond acceptors (Lipinski definition) is 4. The molecule has 0 aliphatic heterocycles. The number of thiophene rings is 1. The summed E-state index contributed by atoms with van der Waals surface area (Å²) >= 11 is 1.41. The molecular weight excluding hydrogens is 404 g/mol. The fraction of sp³-hybridized carbons (Fsp3) is 0.227. The van der Waals surface area contributed by atoms with Crippen LogP contribution in [0.15, 0.2) is 64.9 Å². The molecule has 1 aromatic heterocycles. The van der Waals surface area contributed by atoms with Crippen LogP contribution in [0.4, 0.5) is 0 Å². The molecule has 2 N–H and O–H groups in total. The van der Waals surface area contributed by atoms with Gasteiger partial charge in [0.2, 0.25) is 10.0 Å². The van der Waals surface area contributed by atoms with Crippen LogP contribution in [-0.4, -0.2) is 20.4 Å². The smallest absolute Gasteiger partial charge is 0.262 e. The number of sulfonamides is 1. The minimum Gasteiger partial charge on any atom is -0.347 e. The Labute approximate surface area is 174 Å². The van der Waals surface area contributed by atoms with Crippen molar-refractivity contribution in [1.82, 2.24) is 10.0 Å². The van der Waals surface area contributed by atoms with E-state index in [4.69, 9.17) is 0 Å². The summed E-state index contributed by atoms with van der Waals surface area (Å²) in [5, 5.41) is 4.84. The normalized spacial score (nSPS) is 14.0. The summed E-state index contributed by atoms with van der Waals surface area (Å²) in [4.78, 5) is 13.6. The van der Waals surface area contributed by atoms with Gasteiger partial charge in [-0.05, 0) is 54.5 Å². The molecule has 1 fully saturated rings. The van der Waals surface area contributed by atoms with E-state index in [0.29, 0.717) is 11.4 Å². The average molecular weight is 427 g/mol. The molecule has 1 amide bonds. The molecule has 1 aliphatic carbocycles. The van der Waals surface area contributed by atoms with Crippen LogP contribution in [0.3, 0.4) is 0 Å². The van der Waals surface area contributed by atoms with Crippen LogP contribution in [0.2, 0.25) is 0 Å². The third kappa shape index (κ3) is 4.75. The van der Waals surface area contributed by atoms with Gasteiger partial charge in [0.25, 0.3) is 5.91 Å².